The molecule has 2 aromatic carbocycles. The van der Waals surface area contributed by atoms with E-state index in [2.05, 4.69) is 10.6 Å². The Kier molecular flexibility index (Phi) is 5.46. The number of Topliss-reactive ketones (excluding diaryl/α,β-unsaturated/α-hetero) is 1. The van der Waals surface area contributed by atoms with E-state index in [4.69, 9.17) is 4.74 Å². The summed E-state index contributed by atoms with van der Waals surface area (Å²) in [5, 5.41) is 6.22. The first-order chi connectivity index (χ1) is 12.1. The molecule has 1 amide bonds. The van der Waals surface area contributed by atoms with Crippen LogP contribution in [0.1, 0.15) is 30.1 Å². The number of ketones is 1. The van der Waals surface area contributed by atoms with Gasteiger partial charge in [-0.3, -0.25) is 9.59 Å². The quantitative estimate of drug-likeness (QED) is 0.809. The summed E-state index contributed by atoms with van der Waals surface area (Å²) in [7, 11) is 0. The molecule has 0 unspecified atom stereocenters. The van der Waals surface area contributed by atoms with Gasteiger partial charge < -0.3 is 15.4 Å². The average molecular weight is 338 g/mol. The minimum absolute atomic E-state index is 0.0286. The van der Waals surface area contributed by atoms with Crippen molar-refractivity contribution in [3.8, 4) is 0 Å². The van der Waals surface area contributed by atoms with Crippen molar-refractivity contribution in [1.29, 1.82) is 0 Å². The Morgan fingerprint density at radius 2 is 1.64 bits per heavy atom. The first kappa shape index (κ1) is 17.2. The maximum Gasteiger partial charge on any atom is 0.227 e. The predicted octanol–water partition coefficient (Wildman–Crippen LogP) is 4.00. The number of amides is 1. The Hall–Kier alpha value is -2.66. The second-order valence-corrected chi connectivity index (χ2v) is 6.22. The highest BCUT2D eigenvalue weighted by atomic mass is 16.5. The molecular formula is C20H22N2O3. The van der Waals surface area contributed by atoms with Gasteiger partial charge in [-0.05, 0) is 56.2 Å². The minimum atomic E-state index is 0.0286. The lowest BCUT2D eigenvalue weighted by molar-refractivity contribution is -0.122. The number of benzene rings is 2. The van der Waals surface area contributed by atoms with Crippen LogP contribution in [0.3, 0.4) is 0 Å². The number of nitrogens with one attached hydrogen (secondary N) is 2. The predicted molar refractivity (Wildman–Crippen MR) is 98.3 cm³/mol. The van der Waals surface area contributed by atoms with Crippen LogP contribution in [-0.4, -0.2) is 24.9 Å². The lowest BCUT2D eigenvalue weighted by Crippen LogP contribution is -2.28. The molecular weight excluding hydrogens is 316 g/mol. The maximum absolute atomic E-state index is 12.2. The smallest absolute Gasteiger partial charge is 0.227 e. The minimum Gasteiger partial charge on any atom is -0.381 e. The highest BCUT2D eigenvalue weighted by Crippen LogP contribution is 2.22. The molecule has 2 N–H and O–H groups in total. The molecule has 25 heavy (non-hydrogen) atoms. The third-order valence-corrected chi connectivity index (χ3v) is 4.30. The second kappa shape index (κ2) is 7.94. The van der Waals surface area contributed by atoms with Gasteiger partial charge in [-0.2, -0.15) is 0 Å². The van der Waals surface area contributed by atoms with E-state index in [1.54, 1.807) is 13.0 Å². The summed E-state index contributed by atoms with van der Waals surface area (Å²) in [6.45, 7) is 2.86. The van der Waals surface area contributed by atoms with E-state index in [1.807, 2.05) is 42.5 Å². The molecule has 2 aromatic rings. The zero-order chi connectivity index (χ0) is 17.6. The van der Waals surface area contributed by atoms with Crippen molar-refractivity contribution in [3.63, 3.8) is 0 Å². The fourth-order valence-corrected chi connectivity index (χ4v) is 2.82. The van der Waals surface area contributed by atoms with Crippen molar-refractivity contribution in [1.82, 2.24) is 0 Å². The van der Waals surface area contributed by atoms with E-state index >= 15 is 0 Å². The van der Waals surface area contributed by atoms with Gasteiger partial charge in [-0.25, -0.2) is 0 Å². The number of carbonyl (C=O) groups is 2. The van der Waals surface area contributed by atoms with E-state index in [9.17, 15) is 9.59 Å². The summed E-state index contributed by atoms with van der Waals surface area (Å²) in [5.74, 6) is 0.119. The SMILES string of the molecule is CC(=O)c1cccc(Nc2ccc(NC(=O)C3CCOCC3)cc2)c1. The molecule has 5 heteroatoms. The van der Waals surface area contributed by atoms with Crippen LogP contribution in [0, 0.1) is 5.92 Å². The lowest BCUT2D eigenvalue weighted by Gasteiger charge is -2.21. The third-order valence-electron chi connectivity index (χ3n) is 4.30. The molecule has 1 fully saturated rings. The van der Waals surface area contributed by atoms with E-state index in [-0.39, 0.29) is 17.6 Å². The fraction of sp³-hybridized carbons (Fsp3) is 0.300. The number of ether oxygens (including phenoxy) is 1. The summed E-state index contributed by atoms with van der Waals surface area (Å²) >= 11 is 0. The average Bonchev–Trinajstić information content (AvgIpc) is 2.64. The van der Waals surface area contributed by atoms with Gasteiger partial charge in [0.2, 0.25) is 5.91 Å². The maximum atomic E-state index is 12.2. The van der Waals surface area contributed by atoms with Crippen molar-refractivity contribution >= 4 is 28.8 Å². The normalized spacial score (nSPS) is 14.8. The van der Waals surface area contributed by atoms with Gasteiger partial charge >= 0.3 is 0 Å². The number of anilines is 3. The highest BCUT2D eigenvalue weighted by Gasteiger charge is 2.21. The van der Waals surface area contributed by atoms with Crippen molar-refractivity contribution in [2.75, 3.05) is 23.8 Å². The summed E-state index contributed by atoms with van der Waals surface area (Å²) in [6, 6.07) is 14.9. The summed E-state index contributed by atoms with van der Waals surface area (Å²) in [6.07, 6.45) is 1.55. The van der Waals surface area contributed by atoms with Gasteiger partial charge in [0.15, 0.2) is 5.78 Å². The Balaban J connectivity index is 1.61. The van der Waals surface area contributed by atoms with Crippen LogP contribution in [-0.2, 0) is 9.53 Å². The summed E-state index contributed by atoms with van der Waals surface area (Å²) < 4.78 is 5.29. The molecule has 0 aliphatic carbocycles. The molecule has 0 bridgehead atoms. The third kappa shape index (κ3) is 4.67. The van der Waals surface area contributed by atoms with Gasteiger partial charge in [0.05, 0.1) is 0 Å². The van der Waals surface area contributed by atoms with E-state index < -0.39 is 0 Å². The zero-order valence-corrected chi connectivity index (χ0v) is 14.2. The molecule has 0 spiro atoms. The van der Waals surface area contributed by atoms with Crippen LogP contribution >= 0.6 is 0 Å². The highest BCUT2D eigenvalue weighted by molar-refractivity contribution is 5.95. The first-order valence-electron chi connectivity index (χ1n) is 8.48. The summed E-state index contributed by atoms with van der Waals surface area (Å²) in [4.78, 5) is 23.7. The number of rotatable bonds is 5. The van der Waals surface area contributed by atoms with Crippen LogP contribution in [0.25, 0.3) is 0 Å². The van der Waals surface area contributed by atoms with Gasteiger partial charge in [0.25, 0.3) is 0 Å². The Bertz CT molecular complexity index is 750. The first-order valence-corrected chi connectivity index (χ1v) is 8.48. The number of hydrogen-bond acceptors (Lipinski definition) is 4. The molecule has 1 heterocycles. The molecule has 0 saturated carbocycles. The van der Waals surface area contributed by atoms with Crippen molar-refractivity contribution < 1.29 is 14.3 Å². The summed E-state index contributed by atoms with van der Waals surface area (Å²) in [5.41, 5.74) is 3.20. The molecule has 3 rings (SSSR count). The molecule has 1 aliphatic rings. The van der Waals surface area contributed by atoms with E-state index in [1.165, 1.54) is 0 Å². The van der Waals surface area contributed by atoms with Crippen LogP contribution < -0.4 is 10.6 Å². The van der Waals surface area contributed by atoms with Crippen LogP contribution in [0.2, 0.25) is 0 Å². The van der Waals surface area contributed by atoms with E-state index in [0.29, 0.717) is 18.8 Å². The topological polar surface area (TPSA) is 67.4 Å². The van der Waals surface area contributed by atoms with Gasteiger partial charge in [-0.15, -0.1) is 0 Å². The van der Waals surface area contributed by atoms with Crippen molar-refractivity contribution in [2.24, 2.45) is 5.92 Å². The Labute approximate surface area is 147 Å². The zero-order valence-electron chi connectivity index (χ0n) is 14.2. The Morgan fingerprint density at radius 3 is 2.32 bits per heavy atom. The molecule has 0 radical (unpaired) electrons. The molecule has 5 nitrogen and oxygen atoms in total. The lowest BCUT2D eigenvalue weighted by atomic mass is 9.99. The largest absolute Gasteiger partial charge is 0.381 e. The fourth-order valence-electron chi connectivity index (χ4n) is 2.82. The number of carbonyl (C=O) groups excluding carboxylic acids is 2. The van der Waals surface area contributed by atoms with Gasteiger partial charge in [0, 0.05) is 41.8 Å². The van der Waals surface area contributed by atoms with Gasteiger partial charge in [0.1, 0.15) is 0 Å². The van der Waals surface area contributed by atoms with Gasteiger partial charge in [-0.1, -0.05) is 12.1 Å². The molecule has 1 aliphatic heterocycles. The monoisotopic (exact) mass is 338 g/mol. The van der Waals surface area contributed by atoms with E-state index in [0.717, 1.165) is 29.9 Å². The molecule has 1 saturated heterocycles. The number of hydrogen-bond donors (Lipinski definition) is 2. The Morgan fingerprint density at radius 1 is 0.960 bits per heavy atom. The van der Waals surface area contributed by atoms with Crippen LogP contribution in [0.4, 0.5) is 17.1 Å². The molecule has 0 aromatic heterocycles. The van der Waals surface area contributed by atoms with Crippen LogP contribution in [0.5, 0.6) is 0 Å². The van der Waals surface area contributed by atoms with Crippen molar-refractivity contribution in [2.45, 2.75) is 19.8 Å². The van der Waals surface area contributed by atoms with Crippen LogP contribution in [0.15, 0.2) is 48.5 Å². The second-order valence-electron chi connectivity index (χ2n) is 6.22. The van der Waals surface area contributed by atoms with Crippen molar-refractivity contribution in [3.05, 3.63) is 54.1 Å². The molecule has 0 atom stereocenters. The molecule has 130 valence electrons. The standard InChI is InChI=1S/C20H22N2O3/c1-14(23)16-3-2-4-19(13-16)21-17-5-7-18(8-6-17)22-20(24)15-9-11-25-12-10-15/h2-8,13,15,21H,9-12H2,1H3,(H,22,24).